The first-order chi connectivity index (χ1) is 11.5. The minimum atomic E-state index is -0.577. The van der Waals surface area contributed by atoms with Crippen LogP contribution in [0.2, 0.25) is 0 Å². The third kappa shape index (κ3) is 4.81. The standard InChI is InChI=1S/C18H19NO5/c1-4-22-18(21)13(3)11-23-17(20)10-15-9-16(19-24-15)14-7-5-12(2)6-8-14/h5-9H,3-4,10-11H2,1-2H3. The number of nitrogens with zero attached hydrogens (tertiary/aromatic N) is 1. The van der Waals surface area contributed by atoms with Crippen molar-refractivity contribution >= 4 is 11.9 Å². The van der Waals surface area contributed by atoms with Crippen LogP contribution in [0.4, 0.5) is 0 Å². The monoisotopic (exact) mass is 329 g/mol. The zero-order valence-corrected chi connectivity index (χ0v) is 13.7. The molecule has 0 saturated heterocycles. The van der Waals surface area contributed by atoms with Crippen LogP contribution in [0.5, 0.6) is 0 Å². The highest BCUT2D eigenvalue weighted by atomic mass is 16.5. The fourth-order valence-corrected chi connectivity index (χ4v) is 1.91. The Bertz CT molecular complexity index is 730. The molecule has 0 aliphatic carbocycles. The molecule has 0 radical (unpaired) electrons. The summed E-state index contributed by atoms with van der Waals surface area (Å²) in [6, 6.07) is 9.49. The molecule has 0 N–H and O–H groups in total. The van der Waals surface area contributed by atoms with Crippen LogP contribution in [0, 0.1) is 6.92 Å². The smallest absolute Gasteiger partial charge is 0.336 e. The van der Waals surface area contributed by atoms with Gasteiger partial charge in [0.1, 0.15) is 24.5 Å². The molecule has 126 valence electrons. The summed E-state index contributed by atoms with van der Waals surface area (Å²) in [5.41, 5.74) is 2.78. The third-order valence-corrected chi connectivity index (χ3v) is 3.20. The minimum Gasteiger partial charge on any atom is -0.463 e. The van der Waals surface area contributed by atoms with Gasteiger partial charge in [-0.25, -0.2) is 4.79 Å². The SMILES string of the molecule is C=C(COC(=O)Cc1cc(-c2ccc(C)cc2)no1)C(=O)OCC. The Morgan fingerprint density at radius 1 is 1.21 bits per heavy atom. The topological polar surface area (TPSA) is 78.6 Å². The number of esters is 2. The van der Waals surface area contributed by atoms with Gasteiger partial charge in [-0.3, -0.25) is 4.79 Å². The molecule has 0 amide bonds. The zero-order chi connectivity index (χ0) is 17.5. The van der Waals surface area contributed by atoms with E-state index >= 15 is 0 Å². The Labute approximate surface area is 140 Å². The van der Waals surface area contributed by atoms with E-state index in [0.29, 0.717) is 11.5 Å². The van der Waals surface area contributed by atoms with Crippen LogP contribution in [0.1, 0.15) is 18.2 Å². The number of ether oxygens (including phenoxy) is 2. The number of hydrogen-bond acceptors (Lipinski definition) is 6. The quantitative estimate of drug-likeness (QED) is 0.574. The highest BCUT2D eigenvalue weighted by Crippen LogP contribution is 2.20. The van der Waals surface area contributed by atoms with E-state index in [-0.39, 0.29) is 25.2 Å². The Hall–Kier alpha value is -2.89. The molecule has 1 aromatic carbocycles. The van der Waals surface area contributed by atoms with Gasteiger partial charge in [0.2, 0.25) is 0 Å². The lowest BCUT2D eigenvalue weighted by Crippen LogP contribution is -2.15. The number of carbonyl (C=O) groups excluding carboxylic acids is 2. The Morgan fingerprint density at radius 3 is 2.58 bits per heavy atom. The molecule has 2 aromatic rings. The van der Waals surface area contributed by atoms with Gasteiger partial charge in [0.05, 0.1) is 12.2 Å². The van der Waals surface area contributed by atoms with Crippen molar-refractivity contribution in [3.05, 3.63) is 53.8 Å². The van der Waals surface area contributed by atoms with Crippen LogP contribution in [0.3, 0.4) is 0 Å². The molecule has 6 heteroatoms. The van der Waals surface area contributed by atoms with Crippen molar-refractivity contribution < 1.29 is 23.6 Å². The summed E-state index contributed by atoms with van der Waals surface area (Å²) in [6.07, 6.45) is -0.0744. The maximum atomic E-state index is 11.8. The second-order valence-corrected chi connectivity index (χ2v) is 5.21. The molecule has 0 bridgehead atoms. The number of benzene rings is 1. The molecule has 1 aromatic heterocycles. The normalized spacial score (nSPS) is 10.2. The van der Waals surface area contributed by atoms with Crippen LogP contribution in [-0.4, -0.2) is 30.3 Å². The number of aromatic nitrogens is 1. The molecule has 24 heavy (non-hydrogen) atoms. The molecule has 0 atom stereocenters. The van der Waals surface area contributed by atoms with Crippen LogP contribution < -0.4 is 0 Å². The molecule has 6 nitrogen and oxygen atoms in total. The highest BCUT2D eigenvalue weighted by molar-refractivity contribution is 5.88. The Kier molecular flexibility index (Phi) is 5.89. The number of aryl methyl sites for hydroxylation is 1. The summed E-state index contributed by atoms with van der Waals surface area (Å²) < 4.78 is 14.9. The molecule has 0 spiro atoms. The van der Waals surface area contributed by atoms with Crippen LogP contribution in [0.25, 0.3) is 11.3 Å². The van der Waals surface area contributed by atoms with Crippen molar-refractivity contribution in [1.29, 1.82) is 0 Å². The maximum absolute atomic E-state index is 11.8. The predicted octanol–water partition coefficient (Wildman–Crippen LogP) is 2.86. The van der Waals surface area contributed by atoms with E-state index in [1.54, 1.807) is 13.0 Å². The Balaban J connectivity index is 1.88. The lowest BCUT2D eigenvalue weighted by Gasteiger charge is -2.05. The first kappa shape index (κ1) is 17.5. The summed E-state index contributed by atoms with van der Waals surface area (Å²) in [5, 5.41) is 3.94. The second-order valence-electron chi connectivity index (χ2n) is 5.21. The molecule has 0 fully saturated rings. The van der Waals surface area contributed by atoms with E-state index in [1.807, 2.05) is 31.2 Å². The third-order valence-electron chi connectivity index (χ3n) is 3.20. The van der Waals surface area contributed by atoms with E-state index in [9.17, 15) is 9.59 Å². The van der Waals surface area contributed by atoms with Gasteiger partial charge in [-0.1, -0.05) is 41.6 Å². The number of rotatable bonds is 7. The summed E-state index contributed by atoms with van der Waals surface area (Å²) in [5.74, 6) is -0.726. The van der Waals surface area contributed by atoms with E-state index in [4.69, 9.17) is 14.0 Å². The number of hydrogen-bond donors (Lipinski definition) is 0. The van der Waals surface area contributed by atoms with E-state index in [1.165, 1.54) is 0 Å². The fraction of sp³-hybridized carbons (Fsp3) is 0.278. The van der Waals surface area contributed by atoms with Gasteiger partial charge < -0.3 is 14.0 Å². The predicted molar refractivity (Wildman–Crippen MR) is 87.1 cm³/mol. The van der Waals surface area contributed by atoms with Crippen molar-refractivity contribution in [2.75, 3.05) is 13.2 Å². The van der Waals surface area contributed by atoms with Crippen LogP contribution >= 0.6 is 0 Å². The van der Waals surface area contributed by atoms with Crippen molar-refractivity contribution in [1.82, 2.24) is 5.16 Å². The van der Waals surface area contributed by atoms with Gasteiger partial charge in [-0.2, -0.15) is 0 Å². The van der Waals surface area contributed by atoms with Gasteiger partial charge in [-0.05, 0) is 13.8 Å². The van der Waals surface area contributed by atoms with Crippen LogP contribution in [-0.2, 0) is 25.5 Å². The molecular formula is C18H19NO5. The van der Waals surface area contributed by atoms with Crippen molar-refractivity contribution in [3.8, 4) is 11.3 Å². The zero-order valence-electron chi connectivity index (χ0n) is 13.7. The largest absolute Gasteiger partial charge is 0.463 e. The van der Waals surface area contributed by atoms with Gasteiger partial charge in [0, 0.05) is 11.6 Å². The maximum Gasteiger partial charge on any atom is 0.336 e. The number of carbonyl (C=O) groups is 2. The van der Waals surface area contributed by atoms with Gasteiger partial charge in [0.15, 0.2) is 0 Å². The highest BCUT2D eigenvalue weighted by Gasteiger charge is 2.14. The van der Waals surface area contributed by atoms with E-state index in [2.05, 4.69) is 11.7 Å². The van der Waals surface area contributed by atoms with Crippen molar-refractivity contribution in [3.63, 3.8) is 0 Å². The molecule has 0 unspecified atom stereocenters. The molecule has 2 rings (SSSR count). The molecule has 0 aliphatic heterocycles. The average Bonchev–Trinajstić information content (AvgIpc) is 3.02. The van der Waals surface area contributed by atoms with Crippen LogP contribution in [0.15, 0.2) is 47.0 Å². The Morgan fingerprint density at radius 2 is 1.92 bits per heavy atom. The molecular weight excluding hydrogens is 310 g/mol. The fourth-order valence-electron chi connectivity index (χ4n) is 1.91. The van der Waals surface area contributed by atoms with Crippen molar-refractivity contribution in [2.24, 2.45) is 0 Å². The summed E-state index contributed by atoms with van der Waals surface area (Å²) in [7, 11) is 0. The van der Waals surface area contributed by atoms with Crippen molar-refractivity contribution in [2.45, 2.75) is 20.3 Å². The van der Waals surface area contributed by atoms with E-state index < -0.39 is 11.9 Å². The first-order valence-electron chi connectivity index (χ1n) is 7.52. The van der Waals surface area contributed by atoms with Gasteiger partial charge in [0.25, 0.3) is 0 Å². The first-order valence-corrected chi connectivity index (χ1v) is 7.52. The second kappa shape index (κ2) is 8.10. The van der Waals surface area contributed by atoms with E-state index in [0.717, 1.165) is 11.1 Å². The summed E-state index contributed by atoms with van der Waals surface area (Å²) in [6.45, 7) is 7.23. The molecule has 1 heterocycles. The van der Waals surface area contributed by atoms with Gasteiger partial charge >= 0.3 is 11.9 Å². The lowest BCUT2D eigenvalue weighted by atomic mass is 10.1. The molecule has 0 saturated carbocycles. The van der Waals surface area contributed by atoms with Gasteiger partial charge in [-0.15, -0.1) is 0 Å². The summed E-state index contributed by atoms with van der Waals surface area (Å²) in [4.78, 5) is 23.1. The molecule has 0 aliphatic rings. The lowest BCUT2D eigenvalue weighted by molar-refractivity contribution is -0.144. The summed E-state index contributed by atoms with van der Waals surface area (Å²) >= 11 is 0. The average molecular weight is 329 g/mol. The minimum absolute atomic E-state index is 0.0744.